The van der Waals surface area contributed by atoms with E-state index >= 15 is 0 Å². The first-order chi connectivity index (χ1) is 18.0. The average molecular weight is 583 g/mol. The summed E-state index contributed by atoms with van der Waals surface area (Å²) in [6, 6.07) is 7.26. The number of halogens is 4. The number of rotatable bonds is 5. The van der Waals surface area contributed by atoms with Crippen LogP contribution in [-0.2, 0) is 4.79 Å². The van der Waals surface area contributed by atoms with Gasteiger partial charge < -0.3 is 15.7 Å². The summed E-state index contributed by atoms with van der Waals surface area (Å²) in [5.74, 6) is -2.53. The molecule has 11 nitrogen and oxygen atoms in total. The van der Waals surface area contributed by atoms with Crippen LogP contribution in [0, 0.1) is 6.92 Å². The molecule has 0 unspecified atom stereocenters. The minimum absolute atomic E-state index is 0.225. The Morgan fingerprint density at radius 3 is 2.61 bits per heavy atom. The van der Waals surface area contributed by atoms with Gasteiger partial charge in [0.15, 0.2) is 5.82 Å². The number of fused-ring (bicyclic) bond motifs is 1. The number of pyridine rings is 1. The van der Waals surface area contributed by atoms with Gasteiger partial charge in [0.1, 0.15) is 10.6 Å². The number of hydrogen-bond acceptors (Lipinski definition) is 10. The van der Waals surface area contributed by atoms with Gasteiger partial charge in [-0.3, -0.25) is 14.9 Å². The molecule has 0 saturated heterocycles. The van der Waals surface area contributed by atoms with E-state index in [0.29, 0.717) is 37.9 Å². The number of carboxylic acids is 1. The van der Waals surface area contributed by atoms with Crippen molar-refractivity contribution >= 4 is 73.8 Å². The Balaban J connectivity index is 0.000000426. The minimum Gasteiger partial charge on any atom is -0.475 e. The number of thiazole rings is 1. The molecule has 5 aromatic rings. The highest BCUT2D eigenvalue weighted by Crippen LogP contribution is 2.33. The number of hydrogen-bond donors (Lipinski definition) is 4. The summed E-state index contributed by atoms with van der Waals surface area (Å²) in [4.78, 5) is 34.7. The monoisotopic (exact) mass is 582 g/mol. The summed E-state index contributed by atoms with van der Waals surface area (Å²) < 4.78 is 36.1. The molecule has 17 heteroatoms. The fraction of sp³-hybridized carbons (Fsp3) is 0.0952. The van der Waals surface area contributed by atoms with E-state index < -0.39 is 12.1 Å². The summed E-state index contributed by atoms with van der Waals surface area (Å²) in [6.45, 7) is 1.84. The van der Waals surface area contributed by atoms with Gasteiger partial charge in [0, 0.05) is 28.3 Å². The van der Waals surface area contributed by atoms with Crippen molar-refractivity contribution in [2.45, 2.75) is 13.1 Å². The molecule has 4 N–H and O–H groups in total. The number of H-pyrrole nitrogens is 1. The molecule has 0 saturated carbocycles. The first-order valence-electron chi connectivity index (χ1n) is 10.2. The number of amides is 1. The Bertz CT molecular complexity index is 1610. The molecule has 0 fully saturated rings. The van der Waals surface area contributed by atoms with Crippen LogP contribution in [0.5, 0.6) is 0 Å². The van der Waals surface area contributed by atoms with Gasteiger partial charge in [-0.1, -0.05) is 11.6 Å². The number of nitrogens with zero attached hydrogens (tertiary/aromatic N) is 5. The zero-order chi connectivity index (χ0) is 27.4. The number of alkyl halides is 3. The van der Waals surface area contributed by atoms with Crippen LogP contribution in [0.3, 0.4) is 0 Å². The molecule has 0 spiro atoms. The number of aromatic nitrogens is 6. The molecule has 5 rings (SSSR count). The lowest BCUT2D eigenvalue weighted by Crippen LogP contribution is -2.21. The summed E-state index contributed by atoms with van der Waals surface area (Å²) in [7, 11) is 0. The lowest BCUT2D eigenvalue weighted by Gasteiger charge is -2.06. The van der Waals surface area contributed by atoms with Gasteiger partial charge in [-0.25, -0.2) is 9.78 Å². The molecule has 0 atom stereocenters. The smallest absolute Gasteiger partial charge is 0.475 e. The van der Waals surface area contributed by atoms with Gasteiger partial charge in [0.2, 0.25) is 5.13 Å². The number of carbonyl (C=O) groups is 2. The van der Waals surface area contributed by atoms with Crippen LogP contribution in [0.1, 0.15) is 15.4 Å². The van der Waals surface area contributed by atoms with Crippen molar-refractivity contribution in [3.63, 3.8) is 0 Å². The number of benzene rings is 1. The fourth-order valence-corrected chi connectivity index (χ4v) is 4.31. The second kappa shape index (κ2) is 11.1. The van der Waals surface area contributed by atoms with Crippen molar-refractivity contribution in [2.75, 3.05) is 10.6 Å². The predicted molar refractivity (Wildman–Crippen MR) is 136 cm³/mol. The van der Waals surface area contributed by atoms with Crippen LogP contribution in [-0.4, -0.2) is 52.7 Å². The zero-order valence-corrected chi connectivity index (χ0v) is 21.3. The normalized spacial score (nSPS) is 11.1. The van der Waals surface area contributed by atoms with Crippen LogP contribution >= 0.6 is 34.5 Å². The standard InChI is InChI=1S/C19H13ClN8OS2.C2HF3O2/c1-9-4-10(24-18(29)15-7-21-8-30-15)5-14(23-9)17-26-19(31-28-17)25-13-3-2-12-11(16(13)20)6-22-27-12;3-2(4,5)1(6)7/h2-8H,1H3,(H,22,27)(H,23,24,29)(H,25,26,28);(H,6,7). The third-order valence-electron chi connectivity index (χ3n) is 4.57. The van der Waals surface area contributed by atoms with Crippen molar-refractivity contribution in [3.8, 4) is 11.5 Å². The average Bonchev–Trinajstić information content (AvgIpc) is 3.62. The van der Waals surface area contributed by atoms with Gasteiger partial charge in [-0.15, -0.1) is 11.3 Å². The predicted octanol–water partition coefficient (Wildman–Crippen LogP) is 5.52. The van der Waals surface area contributed by atoms with Crippen LogP contribution in [0.25, 0.3) is 22.4 Å². The van der Waals surface area contributed by atoms with Crippen LogP contribution in [0.15, 0.2) is 42.2 Å². The number of nitrogens with one attached hydrogen (secondary N) is 3. The Hall–Kier alpha value is -4.15. The number of aliphatic carboxylic acids is 1. The molecule has 196 valence electrons. The highest BCUT2D eigenvalue weighted by molar-refractivity contribution is 7.11. The molecule has 0 aliphatic carbocycles. The van der Waals surface area contributed by atoms with Crippen molar-refractivity contribution in [1.82, 2.24) is 29.5 Å². The maximum absolute atomic E-state index is 12.3. The number of aromatic amines is 1. The molecular formula is C21H14ClF3N8O3S2. The van der Waals surface area contributed by atoms with E-state index in [0.717, 1.165) is 16.6 Å². The highest BCUT2D eigenvalue weighted by Gasteiger charge is 2.38. The van der Waals surface area contributed by atoms with E-state index in [1.165, 1.54) is 29.1 Å². The number of carboxylic acid groups (broad SMARTS) is 1. The molecule has 4 heterocycles. The number of anilines is 3. The molecule has 38 heavy (non-hydrogen) atoms. The molecule has 4 aromatic heterocycles. The maximum atomic E-state index is 12.3. The topological polar surface area (TPSA) is 159 Å². The first-order valence-corrected chi connectivity index (χ1v) is 12.3. The summed E-state index contributed by atoms with van der Waals surface area (Å²) in [5.41, 5.74) is 5.06. The van der Waals surface area contributed by atoms with E-state index in [-0.39, 0.29) is 5.91 Å². The first kappa shape index (κ1) is 26.9. The van der Waals surface area contributed by atoms with Gasteiger partial charge in [0.25, 0.3) is 5.91 Å². The Kier molecular flexibility index (Phi) is 7.84. The van der Waals surface area contributed by atoms with E-state index in [1.807, 2.05) is 19.1 Å². The zero-order valence-electron chi connectivity index (χ0n) is 18.9. The van der Waals surface area contributed by atoms with Crippen molar-refractivity contribution in [3.05, 3.63) is 57.8 Å². The van der Waals surface area contributed by atoms with Crippen LogP contribution in [0.4, 0.5) is 29.7 Å². The quantitative estimate of drug-likeness (QED) is 0.209. The Labute approximate surface area is 223 Å². The molecule has 0 aliphatic rings. The fourth-order valence-electron chi connectivity index (χ4n) is 2.95. The molecule has 0 radical (unpaired) electrons. The lowest BCUT2D eigenvalue weighted by atomic mass is 10.2. The second-order valence-electron chi connectivity index (χ2n) is 7.31. The molecule has 0 aliphatic heterocycles. The van der Waals surface area contributed by atoms with Crippen LogP contribution in [0.2, 0.25) is 5.02 Å². The number of aryl methyl sites for hydroxylation is 1. The third kappa shape index (κ3) is 6.39. The van der Waals surface area contributed by atoms with Gasteiger partial charge in [0.05, 0.1) is 34.1 Å². The maximum Gasteiger partial charge on any atom is 0.490 e. The van der Waals surface area contributed by atoms with E-state index in [9.17, 15) is 18.0 Å². The van der Waals surface area contributed by atoms with Crippen molar-refractivity contribution in [1.29, 1.82) is 0 Å². The highest BCUT2D eigenvalue weighted by atomic mass is 35.5. The Morgan fingerprint density at radius 2 is 1.92 bits per heavy atom. The third-order valence-corrected chi connectivity index (χ3v) is 6.37. The molecule has 1 aromatic carbocycles. The molecule has 0 bridgehead atoms. The SMILES string of the molecule is Cc1cc(NC(=O)c2cncs2)cc(-c2nsc(Nc3ccc4[nH]ncc4c3Cl)n2)n1.O=C(O)C(F)(F)F. The summed E-state index contributed by atoms with van der Waals surface area (Å²) in [6.07, 6.45) is -1.88. The van der Waals surface area contributed by atoms with Crippen LogP contribution < -0.4 is 10.6 Å². The summed E-state index contributed by atoms with van der Waals surface area (Å²) >= 11 is 8.93. The van der Waals surface area contributed by atoms with E-state index in [1.54, 1.807) is 23.8 Å². The Morgan fingerprint density at radius 1 is 1.16 bits per heavy atom. The van der Waals surface area contributed by atoms with Gasteiger partial charge in [-0.2, -0.15) is 27.6 Å². The van der Waals surface area contributed by atoms with E-state index in [2.05, 4.69) is 40.2 Å². The molecule has 1 amide bonds. The largest absolute Gasteiger partial charge is 0.490 e. The number of carbonyl (C=O) groups excluding carboxylic acids is 1. The summed E-state index contributed by atoms with van der Waals surface area (Å²) in [5, 5.41) is 22.0. The van der Waals surface area contributed by atoms with E-state index in [4.69, 9.17) is 21.5 Å². The van der Waals surface area contributed by atoms with Crippen molar-refractivity contribution < 1.29 is 27.9 Å². The molecular weight excluding hydrogens is 569 g/mol. The van der Waals surface area contributed by atoms with Crippen molar-refractivity contribution in [2.24, 2.45) is 0 Å². The van der Waals surface area contributed by atoms with Gasteiger partial charge >= 0.3 is 12.1 Å². The second-order valence-corrected chi connectivity index (χ2v) is 9.33. The lowest BCUT2D eigenvalue weighted by molar-refractivity contribution is -0.192. The minimum atomic E-state index is -5.08. The van der Waals surface area contributed by atoms with Gasteiger partial charge in [-0.05, 0) is 31.2 Å².